The second kappa shape index (κ2) is 4.24. The van der Waals surface area contributed by atoms with E-state index in [0.717, 1.165) is 5.01 Å². The summed E-state index contributed by atoms with van der Waals surface area (Å²) in [5, 5.41) is 9.73. The largest absolute Gasteiger partial charge is 0.394 e. The maximum atomic E-state index is 10.6. The number of hydrazine groups is 1. The highest BCUT2D eigenvalue weighted by Gasteiger charge is 2.13. The SMILES string of the molecule is CC[C@H](CO)N(N)C(C)=O. The Morgan fingerprint density at radius 1 is 1.80 bits per heavy atom. The molecule has 60 valence electrons. The van der Waals surface area contributed by atoms with Gasteiger partial charge in [0.1, 0.15) is 0 Å². The normalized spacial score (nSPS) is 12.8. The predicted molar refractivity (Wildman–Crippen MR) is 37.9 cm³/mol. The molecule has 0 rings (SSSR count). The van der Waals surface area contributed by atoms with Crippen LogP contribution in [0.4, 0.5) is 0 Å². The summed E-state index contributed by atoms with van der Waals surface area (Å²) >= 11 is 0. The molecule has 1 amide bonds. The molecule has 0 unspecified atom stereocenters. The Labute approximate surface area is 60.6 Å². The molecule has 0 aromatic heterocycles. The lowest BCUT2D eigenvalue weighted by Crippen LogP contribution is -2.45. The van der Waals surface area contributed by atoms with E-state index in [2.05, 4.69) is 0 Å². The Morgan fingerprint density at radius 2 is 2.30 bits per heavy atom. The average molecular weight is 146 g/mol. The number of hydrogen-bond acceptors (Lipinski definition) is 3. The third-order valence-corrected chi connectivity index (χ3v) is 1.44. The van der Waals surface area contributed by atoms with Gasteiger partial charge in [-0.1, -0.05) is 6.92 Å². The van der Waals surface area contributed by atoms with Crippen LogP contribution in [0.25, 0.3) is 0 Å². The first-order chi connectivity index (χ1) is 4.63. The lowest BCUT2D eigenvalue weighted by atomic mass is 10.2. The summed E-state index contributed by atoms with van der Waals surface area (Å²) in [6, 6.07) is -0.238. The number of carbonyl (C=O) groups is 1. The van der Waals surface area contributed by atoms with E-state index in [0.29, 0.717) is 6.42 Å². The molecule has 0 aliphatic heterocycles. The Kier molecular flexibility index (Phi) is 3.99. The van der Waals surface area contributed by atoms with E-state index >= 15 is 0 Å². The van der Waals surface area contributed by atoms with Crippen molar-refractivity contribution in [2.75, 3.05) is 6.61 Å². The van der Waals surface area contributed by atoms with Crippen LogP contribution in [0.1, 0.15) is 20.3 Å². The molecule has 0 aliphatic rings. The van der Waals surface area contributed by atoms with Gasteiger partial charge in [-0.25, -0.2) is 5.84 Å². The summed E-state index contributed by atoms with van der Waals surface area (Å²) in [5.41, 5.74) is 0. The molecule has 0 aliphatic carbocycles. The van der Waals surface area contributed by atoms with E-state index in [1.807, 2.05) is 6.92 Å². The van der Waals surface area contributed by atoms with Gasteiger partial charge in [-0.15, -0.1) is 0 Å². The smallest absolute Gasteiger partial charge is 0.233 e. The molecule has 0 heterocycles. The summed E-state index contributed by atoms with van der Waals surface area (Å²) in [6.07, 6.45) is 0.673. The quantitative estimate of drug-likeness (QED) is 0.320. The van der Waals surface area contributed by atoms with Crippen LogP contribution in [0, 0.1) is 0 Å². The van der Waals surface area contributed by atoms with Gasteiger partial charge in [0.25, 0.3) is 0 Å². The molecule has 0 radical (unpaired) electrons. The maximum absolute atomic E-state index is 10.6. The standard InChI is InChI=1S/C6H14N2O2/c1-3-6(4-9)8(7)5(2)10/h6,9H,3-4,7H2,1-2H3/t6-/m1/s1. The van der Waals surface area contributed by atoms with E-state index in [1.54, 1.807) is 0 Å². The molecule has 0 saturated carbocycles. The lowest BCUT2D eigenvalue weighted by molar-refractivity contribution is -0.132. The molecular formula is C6H14N2O2. The van der Waals surface area contributed by atoms with E-state index in [9.17, 15) is 4.79 Å². The number of nitrogens with two attached hydrogens (primary N) is 1. The fourth-order valence-corrected chi connectivity index (χ4v) is 0.671. The van der Waals surface area contributed by atoms with Gasteiger partial charge in [-0.3, -0.25) is 9.80 Å². The van der Waals surface area contributed by atoms with Crippen molar-refractivity contribution in [3.63, 3.8) is 0 Å². The Balaban J connectivity index is 3.88. The highest BCUT2D eigenvalue weighted by atomic mass is 16.3. The van der Waals surface area contributed by atoms with Crippen molar-refractivity contribution in [3.8, 4) is 0 Å². The third kappa shape index (κ3) is 2.33. The first-order valence-electron chi connectivity index (χ1n) is 3.28. The van der Waals surface area contributed by atoms with E-state index < -0.39 is 0 Å². The molecule has 0 spiro atoms. The number of carbonyl (C=O) groups excluding carboxylic acids is 1. The summed E-state index contributed by atoms with van der Waals surface area (Å²) in [4.78, 5) is 10.6. The molecule has 4 nitrogen and oxygen atoms in total. The van der Waals surface area contributed by atoms with Gasteiger partial charge < -0.3 is 5.11 Å². The van der Waals surface area contributed by atoms with Crippen LogP contribution >= 0.6 is 0 Å². The summed E-state index contributed by atoms with van der Waals surface area (Å²) in [5.74, 6) is 5.08. The molecular weight excluding hydrogens is 132 g/mol. The van der Waals surface area contributed by atoms with Crippen LogP contribution in [-0.4, -0.2) is 28.7 Å². The fourth-order valence-electron chi connectivity index (χ4n) is 0.671. The van der Waals surface area contributed by atoms with Crippen LogP contribution in [0.15, 0.2) is 0 Å². The molecule has 0 bridgehead atoms. The summed E-state index contributed by atoms with van der Waals surface area (Å²) in [6.45, 7) is 3.16. The van der Waals surface area contributed by atoms with Gasteiger partial charge >= 0.3 is 0 Å². The molecule has 10 heavy (non-hydrogen) atoms. The Bertz CT molecular complexity index is 112. The van der Waals surface area contributed by atoms with Gasteiger partial charge in [0.05, 0.1) is 12.6 Å². The number of aliphatic hydroxyl groups excluding tert-OH is 1. The average Bonchev–Trinajstić information content (AvgIpc) is 1.90. The van der Waals surface area contributed by atoms with Gasteiger partial charge in [0.2, 0.25) is 5.91 Å². The molecule has 1 atom stereocenters. The van der Waals surface area contributed by atoms with Gasteiger partial charge in [-0.2, -0.15) is 0 Å². The van der Waals surface area contributed by atoms with E-state index in [-0.39, 0.29) is 18.6 Å². The third-order valence-electron chi connectivity index (χ3n) is 1.44. The minimum absolute atomic E-state index is 0.0768. The van der Waals surface area contributed by atoms with Crippen molar-refractivity contribution in [1.82, 2.24) is 5.01 Å². The molecule has 3 N–H and O–H groups in total. The summed E-state index contributed by atoms with van der Waals surface area (Å²) in [7, 11) is 0. The van der Waals surface area contributed by atoms with Crippen LogP contribution in [-0.2, 0) is 4.79 Å². The monoisotopic (exact) mass is 146 g/mol. The van der Waals surface area contributed by atoms with E-state index in [1.165, 1.54) is 6.92 Å². The first-order valence-corrected chi connectivity index (χ1v) is 3.28. The van der Waals surface area contributed by atoms with Crippen LogP contribution in [0.2, 0.25) is 0 Å². The van der Waals surface area contributed by atoms with E-state index in [4.69, 9.17) is 10.9 Å². The van der Waals surface area contributed by atoms with Crippen molar-refractivity contribution in [2.24, 2.45) is 5.84 Å². The first kappa shape index (κ1) is 9.39. The van der Waals surface area contributed by atoms with Crippen molar-refractivity contribution in [2.45, 2.75) is 26.3 Å². The van der Waals surface area contributed by atoms with Crippen molar-refractivity contribution in [1.29, 1.82) is 0 Å². The number of amides is 1. The van der Waals surface area contributed by atoms with Gasteiger partial charge in [-0.05, 0) is 6.42 Å². The Hall–Kier alpha value is -0.610. The zero-order chi connectivity index (χ0) is 8.15. The fraction of sp³-hybridized carbons (Fsp3) is 0.833. The lowest BCUT2D eigenvalue weighted by Gasteiger charge is -2.22. The zero-order valence-corrected chi connectivity index (χ0v) is 6.37. The highest BCUT2D eigenvalue weighted by Crippen LogP contribution is 1.97. The number of hydrogen-bond donors (Lipinski definition) is 2. The van der Waals surface area contributed by atoms with Crippen LogP contribution in [0.3, 0.4) is 0 Å². The second-order valence-corrected chi connectivity index (χ2v) is 2.17. The second-order valence-electron chi connectivity index (χ2n) is 2.17. The molecule has 0 aromatic rings. The minimum Gasteiger partial charge on any atom is -0.394 e. The number of aliphatic hydroxyl groups is 1. The van der Waals surface area contributed by atoms with Gasteiger partial charge in [0, 0.05) is 6.92 Å². The topological polar surface area (TPSA) is 66.6 Å². The maximum Gasteiger partial charge on any atom is 0.233 e. The minimum atomic E-state index is -0.238. The van der Waals surface area contributed by atoms with Gasteiger partial charge in [0.15, 0.2) is 0 Å². The van der Waals surface area contributed by atoms with Crippen molar-refractivity contribution in [3.05, 3.63) is 0 Å². The van der Waals surface area contributed by atoms with Crippen molar-refractivity contribution < 1.29 is 9.90 Å². The number of nitrogens with zero attached hydrogens (tertiary/aromatic N) is 1. The molecule has 0 saturated heterocycles. The van der Waals surface area contributed by atoms with Crippen LogP contribution < -0.4 is 5.84 Å². The molecule has 0 aromatic carbocycles. The highest BCUT2D eigenvalue weighted by molar-refractivity contribution is 5.72. The van der Waals surface area contributed by atoms with Crippen molar-refractivity contribution >= 4 is 5.91 Å². The molecule has 0 fully saturated rings. The Morgan fingerprint density at radius 3 is 2.40 bits per heavy atom. The molecule has 4 heteroatoms. The predicted octanol–water partition coefficient (Wildman–Crippen LogP) is -0.520. The summed E-state index contributed by atoms with van der Waals surface area (Å²) < 4.78 is 0. The zero-order valence-electron chi connectivity index (χ0n) is 6.37. The van der Waals surface area contributed by atoms with Crippen LogP contribution in [0.5, 0.6) is 0 Å². The number of rotatable bonds is 3.